The van der Waals surface area contributed by atoms with Gasteiger partial charge in [0.25, 0.3) is 0 Å². The minimum absolute atomic E-state index is 0.0928. The Labute approximate surface area is 130 Å². The van der Waals surface area contributed by atoms with Gasteiger partial charge in [-0.25, -0.2) is 4.98 Å². The molecule has 0 aromatic carbocycles. The molecular weight excluding hydrogens is 353 g/mol. The van der Waals surface area contributed by atoms with Crippen molar-refractivity contribution in [2.75, 3.05) is 23.9 Å². The third-order valence-corrected chi connectivity index (χ3v) is 3.86. The van der Waals surface area contributed by atoms with Gasteiger partial charge in [-0.2, -0.15) is 24.9 Å². The van der Waals surface area contributed by atoms with Crippen LogP contribution in [0.5, 0.6) is 0 Å². The molecule has 0 fully saturated rings. The Morgan fingerprint density at radius 3 is 2.60 bits per heavy atom. The Balaban J connectivity index is 2.44. The van der Waals surface area contributed by atoms with Gasteiger partial charge in [0.05, 0.1) is 5.56 Å². The molecule has 7 heteroatoms. The van der Waals surface area contributed by atoms with Crippen molar-refractivity contribution in [3.63, 3.8) is 0 Å². The summed E-state index contributed by atoms with van der Waals surface area (Å²) in [5.41, 5.74) is -0.728. The van der Waals surface area contributed by atoms with Gasteiger partial charge in [0.1, 0.15) is 5.82 Å². The van der Waals surface area contributed by atoms with E-state index in [0.717, 1.165) is 37.5 Å². The highest BCUT2D eigenvalue weighted by Crippen LogP contribution is 2.35. The number of rotatable bonds is 8. The number of thioether (sulfide) groups is 1. The van der Waals surface area contributed by atoms with E-state index < -0.39 is 11.7 Å². The molecule has 1 aromatic rings. The van der Waals surface area contributed by atoms with Crippen molar-refractivity contribution in [3.8, 4) is 0 Å². The van der Waals surface area contributed by atoms with Crippen molar-refractivity contribution in [2.24, 2.45) is 0 Å². The molecule has 0 unspecified atom stereocenters. The van der Waals surface area contributed by atoms with Gasteiger partial charge < -0.3 is 5.32 Å². The Bertz CT molecular complexity index is 413. The number of hydrogen-bond acceptors (Lipinski definition) is 3. The van der Waals surface area contributed by atoms with Crippen LogP contribution in [0.2, 0.25) is 0 Å². The quantitative estimate of drug-likeness (QED) is 0.636. The fourth-order valence-corrected chi connectivity index (χ4v) is 2.55. The Hall–Kier alpha value is -0.430. The van der Waals surface area contributed by atoms with Gasteiger partial charge in [-0.3, -0.25) is 0 Å². The summed E-state index contributed by atoms with van der Waals surface area (Å²) in [4.78, 5) is 3.81. The van der Waals surface area contributed by atoms with Gasteiger partial charge in [0.2, 0.25) is 0 Å². The van der Waals surface area contributed by atoms with E-state index >= 15 is 0 Å². The maximum atomic E-state index is 12.8. The highest BCUT2D eigenvalue weighted by molar-refractivity contribution is 9.10. The average molecular weight is 371 g/mol. The predicted octanol–water partition coefficient (Wildman–Crippen LogP) is 5.20. The first kappa shape index (κ1) is 17.6. The summed E-state index contributed by atoms with van der Waals surface area (Å²) < 4.78 is 38.8. The molecule has 0 spiro atoms. The summed E-state index contributed by atoms with van der Waals surface area (Å²) in [6.45, 7) is 0.511. The third kappa shape index (κ3) is 6.35. The van der Waals surface area contributed by atoms with Crippen LogP contribution in [0.25, 0.3) is 0 Å². The summed E-state index contributed by atoms with van der Waals surface area (Å²) in [6.07, 6.45) is 3.19. The molecule has 0 saturated heterocycles. The molecule has 1 heterocycles. The van der Waals surface area contributed by atoms with Crippen LogP contribution in [0.3, 0.4) is 0 Å². The van der Waals surface area contributed by atoms with Crippen LogP contribution < -0.4 is 5.32 Å². The van der Waals surface area contributed by atoms with Crippen LogP contribution >= 0.6 is 27.7 Å². The Morgan fingerprint density at radius 2 is 1.95 bits per heavy atom. The van der Waals surface area contributed by atoms with E-state index in [-0.39, 0.29) is 5.82 Å². The number of alkyl halides is 3. The number of halogens is 4. The van der Waals surface area contributed by atoms with Gasteiger partial charge in [-0.1, -0.05) is 12.8 Å². The summed E-state index contributed by atoms with van der Waals surface area (Å²) in [5.74, 6) is 1.05. The lowest BCUT2D eigenvalue weighted by Gasteiger charge is -2.13. The standard InChI is InChI=1S/C13H18BrF3N2S/c1-20-7-5-3-2-4-6-18-12-11(13(15,16)17)8-10(14)9-19-12/h8-9H,2-7H2,1H3,(H,18,19). The predicted molar refractivity (Wildman–Crippen MR) is 82.3 cm³/mol. The maximum absolute atomic E-state index is 12.8. The zero-order valence-corrected chi connectivity index (χ0v) is 13.7. The Kier molecular flexibility index (Phi) is 7.72. The van der Waals surface area contributed by atoms with Crippen LogP contribution in [-0.4, -0.2) is 23.5 Å². The number of anilines is 1. The summed E-state index contributed by atoms with van der Waals surface area (Å²) in [7, 11) is 0. The lowest BCUT2D eigenvalue weighted by atomic mass is 10.2. The van der Waals surface area contributed by atoms with E-state index in [1.54, 1.807) is 0 Å². The number of nitrogens with zero attached hydrogens (tertiary/aromatic N) is 1. The molecule has 0 amide bonds. The molecule has 1 N–H and O–H groups in total. The SMILES string of the molecule is CSCCCCCCNc1ncc(Br)cc1C(F)(F)F. The zero-order valence-electron chi connectivity index (χ0n) is 11.3. The highest BCUT2D eigenvalue weighted by Gasteiger charge is 2.34. The molecular formula is C13H18BrF3N2S. The van der Waals surface area contributed by atoms with Crippen LogP contribution in [0.1, 0.15) is 31.2 Å². The van der Waals surface area contributed by atoms with E-state index in [1.165, 1.54) is 6.20 Å². The smallest absolute Gasteiger partial charge is 0.370 e. The normalized spacial score (nSPS) is 11.7. The molecule has 20 heavy (non-hydrogen) atoms. The summed E-state index contributed by atoms with van der Waals surface area (Å²) in [6, 6.07) is 1.05. The van der Waals surface area contributed by atoms with Crippen molar-refractivity contribution in [3.05, 3.63) is 22.3 Å². The van der Waals surface area contributed by atoms with E-state index in [1.807, 2.05) is 11.8 Å². The Morgan fingerprint density at radius 1 is 1.25 bits per heavy atom. The number of aromatic nitrogens is 1. The molecule has 0 radical (unpaired) electrons. The fraction of sp³-hybridized carbons (Fsp3) is 0.615. The third-order valence-electron chi connectivity index (χ3n) is 2.73. The van der Waals surface area contributed by atoms with Crippen LogP contribution in [0, 0.1) is 0 Å². The highest BCUT2D eigenvalue weighted by atomic mass is 79.9. The second kappa shape index (κ2) is 8.77. The van der Waals surface area contributed by atoms with Crippen molar-refractivity contribution in [1.29, 1.82) is 0 Å². The lowest BCUT2D eigenvalue weighted by Crippen LogP contribution is -2.13. The first-order chi connectivity index (χ1) is 9.45. The molecule has 114 valence electrons. The molecule has 2 nitrogen and oxygen atoms in total. The molecule has 0 atom stereocenters. The number of nitrogens with one attached hydrogen (secondary N) is 1. The second-order valence-corrected chi connectivity index (χ2v) is 6.28. The molecule has 1 rings (SSSR count). The molecule has 0 bridgehead atoms. The summed E-state index contributed by atoms with van der Waals surface area (Å²) in [5, 5.41) is 2.78. The average Bonchev–Trinajstić information content (AvgIpc) is 2.38. The molecule has 0 aliphatic carbocycles. The number of unbranched alkanes of at least 4 members (excludes halogenated alkanes) is 3. The minimum atomic E-state index is -4.39. The van der Waals surface area contributed by atoms with E-state index in [9.17, 15) is 13.2 Å². The van der Waals surface area contributed by atoms with Gasteiger partial charge in [-0.15, -0.1) is 0 Å². The lowest BCUT2D eigenvalue weighted by molar-refractivity contribution is -0.137. The first-order valence-electron chi connectivity index (χ1n) is 6.40. The van der Waals surface area contributed by atoms with Crippen molar-refractivity contribution in [1.82, 2.24) is 4.98 Å². The van der Waals surface area contributed by atoms with E-state index in [0.29, 0.717) is 11.0 Å². The van der Waals surface area contributed by atoms with E-state index in [4.69, 9.17) is 0 Å². The van der Waals surface area contributed by atoms with Crippen molar-refractivity contribution >= 4 is 33.5 Å². The van der Waals surface area contributed by atoms with E-state index in [2.05, 4.69) is 32.5 Å². The van der Waals surface area contributed by atoms with Gasteiger partial charge in [-0.05, 0) is 46.8 Å². The number of hydrogen-bond donors (Lipinski definition) is 1. The first-order valence-corrected chi connectivity index (χ1v) is 8.59. The van der Waals surface area contributed by atoms with Crippen molar-refractivity contribution in [2.45, 2.75) is 31.9 Å². The van der Waals surface area contributed by atoms with Crippen LogP contribution in [-0.2, 0) is 6.18 Å². The van der Waals surface area contributed by atoms with Gasteiger partial charge in [0, 0.05) is 17.2 Å². The minimum Gasteiger partial charge on any atom is -0.370 e. The second-order valence-electron chi connectivity index (χ2n) is 4.38. The van der Waals surface area contributed by atoms with Crippen LogP contribution in [0.15, 0.2) is 16.7 Å². The van der Waals surface area contributed by atoms with Gasteiger partial charge in [0.15, 0.2) is 0 Å². The topological polar surface area (TPSA) is 24.9 Å². The maximum Gasteiger partial charge on any atom is 0.419 e. The van der Waals surface area contributed by atoms with Gasteiger partial charge >= 0.3 is 6.18 Å². The molecule has 0 aliphatic rings. The van der Waals surface area contributed by atoms with Crippen molar-refractivity contribution < 1.29 is 13.2 Å². The number of pyridine rings is 1. The fourth-order valence-electron chi connectivity index (χ4n) is 1.73. The summed E-state index contributed by atoms with van der Waals surface area (Å²) >= 11 is 4.83. The van der Waals surface area contributed by atoms with Crippen LogP contribution in [0.4, 0.5) is 19.0 Å². The molecule has 0 saturated carbocycles. The monoisotopic (exact) mass is 370 g/mol. The molecule has 1 aromatic heterocycles. The largest absolute Gasteiger partial charge is 0.419 e. The zero-order chi connectivity index (χ0) is 15.0. The molecule has 0 aliphatic heterocycles.